The van der Waals surface area contributed by atoms with Crippen molar-refractivity contribution in [2.75, 3.05) is 13.2 Å². The second-order valence-corrected chi connectivity index (χ2v) is 5.23. The van der Waals surface area contributed by atoms with Crippen molar-refractivity contribution in [2.24, 2.45) is 5.92 Å². The number of benzene rings is 1. The summed E-state index contributed by atoms with van der Waals surface area (Å²) in [6.07, 6.45) is 5.25. The maximum atomic E-state index is 5.70. The van der Waals surface area contributed by atoms with Gasteiger partial charge in [0.2, 0.25) is 0 Å². The second-order valence-electron chi connectivity index (χ2n) is 5.23. The van der Waals surface area contributed by atoms with Crippen LogP contribution in [0.15, 0.2) is 24.3 Å². The minimum Gasteiger partial charge on any atom is -0.491 e. The van der Waals surface area contributed by atoms with Gasteiger partial charge >= 0.3 is 0 Å². The van der Waals surface area contributed by atoms with Gasteiger partial charge < -0.3 is 10.1 Å². The summed E-state index contributed by atoms with van der Waals surface area (Å²) >= 11 is 0. The normalized spacial score (nSPS) is 19.3. The molecule has 1 aliphatic rings. The van der Waals surface area contributed by atoms with E-state index < -0.39 is 0 Å². The molecular weight excluding hydrogens is 222 g/mol. The Kier molecular flexibility index (Phi) is 5.06. The highest BCUT2D eigenvalue weighted by atomic mass is 16.5. The number of fused-ring (bicyclic) bond motifs is 1. The Bertz CT molecular complexity index is 364. The third-order valence-corrected chi connectivity index (χ3v) is 3.90. The average Bonchev–Trinajstić information content (AvgIpc) is 2.82. The molecule has 2 rings (SSSR count). The average molecular weight is 247 g/mol. The van der Waals surface area contributed by atoms with Gasteiger partial charge in [0, 0.05) is 5.56 Å². The van der Waals surface area contributed by atoms with Crippen LogP contribution < -0.4 is 10.1 Å². The van der Waals surface area contributed by atoms with E-state index in [4.69, 9.17) is 4.74 Å². The summed E-state index contributed by atoms with van der Waals surface area (Å²) in [7, 11) is 0. The summed E-state index contributed by atoms with van der Waals surface area (Å²) in [6.45, 7) is 6.45. The van der Waals surface area contributed by atoms with Gasteiger partial charge in [-0.15, -0.1) is 0 Å². The van der Waals surface area contributed by atoms with Gasteiger partial charge in [-0.1, -0.05) is 51.3 Å². The van der Waals surface area contributed by atoms with Gasteiger partial charge in [-0.05, 0) is 24.9 Å². The molecule has 0 fully saturated rings. The van der Waals surface area contributed by atoms with E-state index in [2.05, 4.69) is 37.4 Å². The van der Waals surface area contributed by atoms with Gasteiger partial charge in [-0.25, -0.2) is 0 Å². The van der Waals surface area contributed by atoms with Crippen molar-refractivity contribution in [3.63, 3.8) is 0 Å². The molecule has 2 atom stereocenters. The van der Waals surface area contributed by atoms with Gasteiger partial charge in [0.25, 0.3) is 0 Å². The van der Waals surface area contributed by atoms with E-state index in [-0.39, 0.29) is 0 Å². The quantitative estimate of drug-likeness (QED) is 0.788. The second kappa shape index (κ2) is 6.79. The molecular formula is C16H25NO. The molecule has 0 spiro atoms. The summed E-state index contributed by atoms with van der Waals surface area (Å²) in [6, 6.07) is 8.75. The first-order valence-electron chi connectivity index (χ1n) is 7.30. The largest absolute Gasteiger partial charge is 0.491 e. The highest BCUT2D eigenvalue weighted by Crippen LogP contribution is 2.31. The van der Waals surface area contributed by atoms with E-state index >= 15 is 0 Å². The molecule has 100 valence electrons. The molecule has 1 heterocycles. The number of hydrogen-bond donors (Lipinski definition) is 1. The van der Waals surface area contributed by atoms with Gasteiger partial charge in [-0.2, -0.15) is 0 Å². The number of unbranched alkanes of at least 4 members (excludes halogenated alkanes) is 1. The summed E-state index contributed by atoms with van der Waals surface area (Å²) in [5.74, 6) is 1.86. The molecule has 2 nitrogen and oxygen atoms in total. The maximum Gasteiger partial charge on any atom is 0.124 e. The van der Waals surface area contributed by atoms with Crippen LogP contribution in [0.5, 0.6) is 5.75 Å². The van der Waals surface area contributed by atoms with Gasteiger partial charge in [0.1, 0.15) is 12.4 Å². The molecule has 0 bridgehead atoms. The molecule has 1 aliphatic heterocycles. The van der Waals surface area contributed by atoms with E-state index in [1.807, 2.05) is 6.07 Å². The minimum atomic E-state index is 0.386. The Morgan fingerprint density at radius 3 is 2.94 bits per heavy atom. The third kappa shape index (κ3) is 3.26. The predicted molar refractivity (Wildman–Crippen MR) is 76.0 cm³/mol. The molecule has 0 aromatic heterocycles. The van der Waals surface area contributed by atoms with Crippen molar-refractivity contribution < 1.29 is 4.74 Å². The molecule has 0 saturated heterocycles. The maximum absolute atomic E-state index is 5.70. The first kappa shape index (κ1) is 13.4. The number of nitrogens with one attached hydrogen (secondary N) is 1. The third-order valence-electron chi connectivity index (χ3n) is 3.90. The first-order chi connectivity index (χ1) is 8.85. The predicted octanol–water partition coefficient (Wildman–Crippen LogP) is 3.93. The molecule has 2 heteroatoms. The van der Waals surface area contributed by atoms with Crippen LogP contribution in [0.3, 0.4) is 0 Å². The van der Waals surface area contributed by atoms with Crippen molar-refractivity contribution in [3.05, 3.63) is 29.8 Å². The van der Waals surface area contributed by atoms with Crippen LogP contribution in [0, 0.1) is 5.92 Å². The van der Waals surface area contributed by atoms with Crippen molar-refractivity contribution in [1.82, 2.24) is 5.32 Å². The SMILES string of the molecule is CCCCC(CC)CNC1COc2ccccc21. The van der Waals surface area contributed by atoms with Gasteiger partial charge in [0.05, 0.1) is 6.04 Å². The van der Waals surface area contributed by atoms with Crippen LogP contribution in [0.25, 0.3) is 0 Å². The smallest absolute Gasteiger partial charge is 0.124 e. The summed E-state index contributed by atoms with van der Waals surface area (Å²) in [5, 5.41) is 3.67. The molecule has 0 radical (unpaired) electrons. The number of rotatable bonds is 7. The Balaban J connectivity index is 1.84. The van der Waals surface area contributed by atoms with E-state index in [1.165, 1.54) is 31.2 Å². The van der Waals surface area contributed by atoms with Crippen LogP contribution >= 0.6 is 0 Å². The van der Waals surface area contributed by atoms with Crippen LogP contribution in [0.1, 0.15) is 51.1 Å². The summed E-state index contributed by atoms with van der Waals surface area (Å²) < 4.78 is 5.70. The van der Waals surface area contributed by atoms with E-state index in [0.29, 0.717) is 6.04 Å². The van der Waals surface area contributed by atoms with E-state index in [1.54, 1.807) is 0 Å². The fraction of sp³-hybridized carbons (Fsp3) is 0.625. The Labute approximate surface area is 111 Å². The summed E-state index contributed by atoms with van der Waals surface area (Å²) in [4.78, 5) is 0. The van der Waals surface area contributed by atoms with Crippen molar-refractivity contribution >= 4 is 0 Å². The molecule has 0 amide bonds. The fourth-order valence-corrected chi connectivity index (χ4v) is 2.58. The molecule has 1 aromatic carbocycles. The highest BCUT2D eigenvalue weighted by molar-refractivity contribution is 5.39. The lowest BCUT2D eigenvalue weighted by molar-refractivity contribution is 0.298. The monoisotopic (exact) mass is 247 g/mol. The van der Waals surface area contributed by atoms with Crippen molar-refractivity contribution in [2.45, 2.75) is 45.6 Å². The highest BCUT2D eigenvalue weighted by Gasteiger charge is 2.23. The number of para-hydroxylation sites is 1. The van der Waals surface area contributed by atoms with Gasteiger partial charge in [-0.3, -0.25) is 0 Å². The molecule has 1 aromatic rings. The van der Waals surface area contributed by atoms with Gasteiger partial charge in [0.15, 0.2) is 0 Å². The lowest BCUT2D eigenvalue weighted by Crippen LogP contribution is -2.28. The minimum absolute atomic E-state index is 0.386. The topological polar surface area (TPSA) is 21.3 Å². The Morgan fingerprint density at radius 2 is 2.17 bits per heavy atom. The van der Waals surface area contributed by atoms with Crippen LogP contribution in [-0.4, -0.2) is 13.2 Å². The van der Waals surface area contributed by atoms with E-state index in [9.17, 15) is 0 Å². The number of ether oxygens (including phenoxy) is 1. The molecule has 0 saturated carbocycles. The Morgan fingerprint density at radius 1 is 1.33 bits per heavy atom. The molecule has 2 unspecified atom stereocenters. The standard InChI is InChI=1S/C16H25NO/c1-3-5-8-13(4-2)11-17-15-12-18-16-10-7-6-9-14(15)16/h6-7,9-10,13,15,17H,3-5,8,11-12H2,1-2H3. The van der Waals surface area contributed by atoms with E-state index in [0.717, 1.165) is 24.8 Å². The zero-order valence-corrected chi connectivity index (χ0v) is 11.6. The van der Waals surface area contributed by atoms with Crippen molar-refractivity contribution in [1.29, 1.82) is 0 Å². The van der Waals surface area contributed by atoms with Crippen molar-refractivity contribution in [3.8, 4) is 5.75 Å². The molecule has 0 aliphatic carbocycles. The Hall–Kier alpha value is -1.02. The first-order valence-corrected chi connectivity index (χ1v) is 7.30. The molecule has 18 heavy (non-hydrogen) atoms. The van der Waals surface area contributed by atoms with Crippen LogP contribution in [-0.2, 0) is 0 Å². The van der Waals surface area contributed by atoms with Crippen LogP contribution in [0.4, 0.5) is 0 Å². The van der Waals surface area contributed by atoms with Crippen LogP contribution in [0.2, 0.25) is 0 Å². The lowest BCUT2D eigenvalue weighted by atomic mass is 9.98. The zero-order valence-electron chi connectivity index (χ0n) is 11.6. The zero-order chi connectivity index (χ0) is 12.8. The molecule has 1 N–H and O–H groups in total. The summed E-state index contributed by atoms with van der Waals surface area (Å²) in [5.41, 5.74) is 1.32. The lowest BCUT2D eigenvalue weighted by Gasteiger charge is -2.18. The number of hydrogen-bond acceptors (Lipinski definition) is 2. The fourth-order valence-electron chi connectivity index (χ4n) is 2.58.